The molecule has 4 rings (SSSR count). The largest absolute Gasteiger partial charge is 0.482 e. The van der Waals surface area contributed by atoms with Gasteiger partial charge in [-0.3, -0.25) is 9.48 Å². The maximum Gasteiger partial charge on any atom is 0.435 e. The van der Waals surface area contributed by atoms with Gasteiger partial charge in [-0.15, -0.1) is 0 Å². The molecule has 1 aliphatic heterocycles. The summed E-state index contributed by atoms with van der Waals surface area (Å²) in [7, 11) is 1.39. The Morgan fingerprint density at radius 2 is 1.79 bits per heavy atom. The number of fused-ring (bicyclic) bond motifs is 1. The van der Waals surface area contributed by atoms with E-state index in [2.05, 4.69) is 10.4 Å². The summed E-state index contributed by atoms with van der Waals surface area (Å²) >= 11 is 0. The summed E-state index contributed by atoms with van der Waals surface area (Å²) in [5, 5.41) is 6.29. The molecule has 0 unspecified atom stereocenters. The summed E-state index contributed by atoms with van der Waals surface area (Å²) < 4.78 is 60.6. The fraction of sp³-hybridized carbons (Fsp3) is 0.158. The number of aromatic nitrogens is 2. The highest BCUT2D eigenvalue weighted by atomic mass is 19.4. The third kappa shape index (κ3) is 3.08. The van der Waals surface area contributed by atoms with Crippen LogP contribution in [0.1, 0.15) is 5.69 Å². The van der Waals surface area contributed by atoms with Gasteiger partial charge in [0.25, 0.3) is 5.91 Å². The van der Waals surface area contributed by atoms with Gasteiger partial charge in [-0.2, -0.15) is 18.3 Å². The van der Waals surface area contributed by atoms with E-state index in [1.54, 1.807) is 12.1 Å². The lowest BCUT2D eigenvalue weighted by Crippen LogP contribution is -2.25. The predicted molar refractivity (Wildman–Crippen MR) is 93.2 cm³/mol. The van der Waals surface area contributed by atoms with Crippen molar-refractivity contribution in [1.29, 1.82) is 0 Å². The molecule has 0 spiro atoms. The SMILES string of the molecule is Cn1nc(C(F)(F)F)c(-c2ccc(F)cc2)c1-c1ccc2c(c1)NC(=O)CO2. The molecule has 2 aromatic carbocycles. The second-order valence-corrected chi connectivity index (χ2v) is 6.25. The van der Waals surface area contributed by atoms with Gasteiger partial charge in [0.2, 0.25) is 0 Å². The summed E-state index contributed by atoms with van der Waals surface area (Å²) in [5.74, 6) is -0.495. The quantitative estimate of drug-likeness (QED) is 0.665. The van der Waals surface area contributed by atoms with Gasteiger partial charge < -0.3 is 10.1 Å². The van der Waals surface area contributed by atoms with Crippen molar-refractivity contribution in [3.05, 3.63) is 54.0 Å². The molecule has 3 aromatic rings. The van der Waals surface area contributed by atoms with Crippen molar-refractivity contribution in [3.63, 3.8) is 0 Å². The van der Waals surface area contributed by atoms with Crippen molar-refractivity contribution in [2.75, 3.05) is 11.9 Å². The number of hydrogen-bond donors (Lipinski definition) is 1. The summed E-state index contributed by atoms with van der Waals surface area (Å²) in [5.41, 5.74) is -0.132. The Balaban J connectivity index is 1.95. The molecule has 1 aliphatic rings. The Morgan fingerprint density at radius 3 is 2.46 bits per heavy atom. The van der Waals surface area contributed by atoms with E-state index in [0.29, 0.717) is 17.0 Å². The van der Waals surface area contributed by atoms with Gasteiger partial charge in [-0.25, -0.2) is 4.39 Å². The molecule has 1 aromatic heterocycles. The molecule has 1 N–H and O–H groups in total. The molecule has 0 aliphatic carbocycles. The zero-order valence-electron chi connectivity index (χ0n) is 14.5. The molecule has 0 bridgehead atoms. The number of hydrogen-bond acceptors (Lipinski definition) is 3. The lowest BCUT2D eigenvalue weighted by Gasteiger charge is -2.19. The van der Waals surface area contributed by atoms with E-state index in [0.717, 1.165) is 16.8 Å². The maximum atomic E-state index is 13.6. The third-order valence-electron chi connectivity index (χ3n) is 4.33. The summed E-state index contributed by atoms with van der Waals surface area (Å²) in [4.78, 5) is 11.6. The number of carbonyl (C=O) groups is 1. The summed E-state index contributed by atoms with van der Waals surface area (Å²) in [6.45, 7) is -0.128. The molecular formula is C19H13F4N3O2. The highest BCUT2D eigenvalue weighted by molar-refractivity contribution is 5.96. The number of nitrogens with zero attached hydrogens (tertiary/aromatic N) is 2. The van der Waals surface area contributed by atoms with E-state index >= 15 is 0 Å². The standard InChI is InChI=1S/C19H13F4N3O2/c1-26-17(11-4-7-14-13(8-11)24-15(27)9-28-14)16(18(25-26)19(21,22)23)10-2-5-12(20)6-3-10/h2-8H,9H2,1H3,(H,24,27). The van der Waals surface area contributed by atoms with Gasteiger partial charge in [0.05, 0.1) is 11.4 Å². The monoisotopic (exact) mass is 391 g/mol. The minimum Gasteiger partial charge on any atom is -0.482 e. The molecule has 0 fully saturated rings. The first kappa shape index (κ1) is 18.0. The van der Waals surface area contributed by atoms with Crippen LogP contribution in [0, 0.1) is 5.82 Å². The Labute approximate surface area is 156 Å². The van der Waals surface area contributed by atoms with Gasteiger partial charge in [0.15, 0.2) is 12.3 Å². The molecule has 0 saturated carbocycles. The molecule has 0 saturated heterocycles. The van der Waals surface area contributed by atoms with Crippen LogP contribution in [0.3, 0.4) is 0 Å². The van der Waals surface area contributed by atoms with E-state index in [4.69, 9.17) is 4.74 Å². The Bertz CT molecular complexity index is 1070. The first-order chi connectivity index (χ1) is 13.2. The van der Waals surface area contributed by atoms with Crippen molar-refractivity contribution in [2.24, 2.45) is 7.05 Å². The van der Waals surface area contributed by atoms with Crippen molar-refractivity contribution >= 4 is 11.6 Å². The lowest BCUT2D eigenvalue weighted by atomic mass is 9.97. The van der Waals surface area contributed by atoms with Crippen LogP contribution in [0.2, 0.25) is 0 Å². The van der Waals surface area contributed by atoms with Crippen LogP contribution in [0.4, 0.5) is 23.2 Å². The first-order valence-electron chi connectivity index (χ1n) is 8.21. The number of ether oxygens (including phenoxy) is 1. The normalized spacial score (nSPS) is 13.7. The minimum absolute atomic E-state index is 0.128. The van der Waals surface area contributed by atoms with Crippen LogP contribution >= 0.6 is 0 Å². The smallest absolute Gasteiger partial charge is 0.435 e. The molecule has 28 heavy (non-hydrogen) atoms. The number of nitrogens with one attached hydrogen (secondary N) is 1. The number of aryl methyl sites for hydroxylation is 1. The first-order valence-corrected chi connectivity index (χ1v) is 8.21. The molecule has 9 heteroatoms. The van der Waals surface area contributed by atoms with Gasteiger partial charge in [0.1, 0.15) is 11.6 Å². The van der Waals surface area contributed by atoms with Gasteiger partial charge in [-0.05, 0) is 35.9 Å². The van der Waals surface area contributed by atoms with Crippen LogP contribution in [0.5, 0.6) is 5.75 Å². The molecule has 0 radical (unpaired) electrons. The van der Waals surface area contributed by atoms with Crippen molar-refractivity contribution < 1.29 is 27.1 Å². The molecule has 144 valence electrons. The van der Waals surface area contributed by atoms with Gasteiger partial charge >= 0.3 is 6.18 Å². The number of carbonyl (C=O) groups excluding carboxylic acids is 1. The van der Waals surface area contributed by atoms with Crippen LogP contribution in [0.15, 0.2) is 42.5 Å². The predicted octanol–water partition coefficient (Wildman–Crippen LogP) is 4.24. The zero-order chi connectivity index (χ0) is 20.1. The Kier molecular flexibility index (Phi) is 4.10. The highest BCUT2D eigenvalue weighted by Crippen LogP contribution is 2.43. The molecule has 5 nitrogen and oxygen atoms in total. The fourth-order valence-corrected chi connectivity index (χ4v) is 3.17. The second kappa shape index (κ2) is 6.36. The number of amides is 1. The lowest BCUT2D eigenvalue weighted by molar-refractivity contribution is -0.141. The van der Waals surface area contributed by atoms with Crippen LogP contribution < -0.4 is 10.1 Å². The molecular weight excluding hydrogens is 378 g/mol. The van der Waals surface area contributed by atoms with Gasteiger partial charge in [0, 0.05) is 18.2 Å². The minimum atomic E-state index is -4.70. The third-order valence-corrected chi connectivity index (χ3v) is 4.33. The highest BCUT2D eigenvalue weighted by Gasteiger charge is 2.39. The average Bonchev–Trinajstić information content (AvgIpc) is 2.99. The number of halogens is 4. The molecule has 2 heterocycles. The number of alkyl halides is 3. The van der Waals surface area contributed by atoms with E-state index in [-0.39, 0.29) is 29.3 Å². The van der Waals surface area contributed by atoms with Crippen molar-refractivity contribution in [3.8, 4) is 28.1 Å². The summed E-state index contributed by atoms with van der Waals surface area (Å²) in [6, 6.07) is 9.40. The van der Waals surface area contributed by atoms with E-state index in [1.165, 1.54) is 25.2 Å². The fourth-order valence-electron chi connectivity index (χ4n) is 3.17. The topological polar surface area (TPSA) is 56.2 Å². The molecule has 0 atom stereocenters. The van der Waals surface area contributed by atoms with Gasteiger partial charge in [-0.1, -0.05) is 12.1 Å². The molecule has 1 amide bonds. The maximum absolute atomic E-state index is 13.6. The number of anilines is 1. The second-order valence-electron chi connectivity index (χ2n) is 6.25. The Morgan fingerprint density at radius 1 is 1.11 bits per heavy atom. The average molecular weight is 391 g/mol. The van der Waals surface area contributed by atoms with Crippen molar-refractivity contribution in [1.82, 2.24) is 9.78 Å². The Hall–Kier alpha value is -3.36. The zero-order valence-corrected chi connectivity index (χ0v) is 14.5. The number of rotatable bonds is 2. The number of benzene rings is 2. The van der Waals surface area contributed by atoms with E-state index < -0.39 is 17.7 Å². The van der Waals surface area contributed by atoms with Crippen LogP contribution in [0.25, 0.3) is 22.4 Å². The van der Waals surface area contributed by atoms with Crippen LogP contribution in [-0.4, -0.2) is 22.3 Å². The van der Waals surface area contributed by atoms with Crippen molar-refractivity contribution in [2.45, 2.75) is 6.18 Å². The van der Waals surface area contributed by atoms with Crippen LogP contribution in [-0.2, 0) is 18.0 Å². The van der Waals surface area contributed by atoms with E-state index in [1.807, 2.05) is 0 Å². The summed E-state index contributed by atoms with van der Waals surface area (Å²) in [6.07, 6.45) is -4.70. The van der Waals surface area contributed by atoms with E-state index in [9.17, 15) is 22.4 Å².